The summed E-state index contributed by atoms with van der Waals surface area (Å²) in [6.07, 6.45) is 6.48. The molecule has 2 atom stereocenters. The fourth-order valence-electron chi connectivity index (χ4n) is 0.820. The van der Waals surface area contributed by atoms with Crippen LogP contribution in [0.1, 0.15) is 27.5 Å². The van der Waals surface area contributed by atoms with Crippen LogP contribution in [0.4, 0.5) is 0 Å². The first kappa shape index (κ1) is 3.71. The first-order valence-electron chi connectivity index (χ1n) is 3.47. The first-order valence-corrected chi connectivity index (χ1v) is 2.89. The molecule has 7 heavy (non-hydrogen) atoms. The van der Waals surface area contributed by atoms with Crippen molar-refractivity contribution in [3.8, 4) is 0 Å². The molecule has 0 saturated carbocycles. The van der Waals surface area contributed by atoms with Crippen molar-refractivity contribution >= 4 is 0 Å². The Labute approximate surface area is 46.6 Å². The van der Waals surface area contributed by atoms with E-state index in [0.717, 1.165) is 12.3 Å². The van der Waals surface area contributed by atoms with Crippen LogP contribution >= 0.6 is 0 Å². The van der Waals surface area contributed by atoms with Gasteiger partial charge >= 0.3 is 0 Å². The average molecular weight is 97.2 g/mol. The van der Waals surface area contributed by atoms with E-state index in [1.807, 2.05) is 6.08 Å². The Kier molecular flexibility index (Phi) is 1.14. The molecule has 40 valence electrons. The highest BCUT2D eigenvalue weighted by Crippen LogP contribution is 2.14. The molecule has 0 unspecified atom stereocenters. The van der Waals surface area contributed by atoms with E-state index in [-0.39, 0.29) is 6.40 Å². The fraction of sp³-hybridized carbons (Fsp3) is 0.714. The normalized spacial score (nSPS) is 43.3. The molecule has 0 bridgehead atoms. The van der Waals surface area contributed by atoms with Crippen LogP contribution in [0.2, 0.25) is 0 Å². The maximum Gasteiger partial charge on any atom is 0.0310 e. The highest BCUT2D eigenvalue weighted by molar-refractivity contribution is 4.90. The van der Waals surface area contributed by atoms with E-state index in [2.05, 4.69) is 13.0 Å². The monoisotopic (exact) mass is 97.1 g/mol. The summed E-state index contributed by atoms with van der Waals surface area (Å²) in [5, 5.41) is 0. The maximum atomic E-state index is 7.28. The lowest BCUT2D eigenvalue weighted by molar-refractivity contribution is 0.584. The van der Waals surface area contributed by atoms with Gasteiger partial charge in [0.15, 0.2) is 0 Å². The molecule has 0 aromatic heterocycles. The Morgan fingerprint density at radius 1 is 1.86 bits per heavy atom. The van der Waals surface area contributed by atoms with Crippen LogP contribution in [0, 0.1) is 5.92 Å². The quantitative estimate of drug-likeness (QED) is 0.407. The van der Waals surface area contributed by atoms with Crippen LogP contribution in [-0.4, -0.2) is 0 Å². The van der Waals surface area contributed by atoms with Gasteiger partial charge in [-0.2, -0.15) is 0 Å². The van der Waals surface area contributed by atoms with Crippen molar-refractivity contribution in [2.45, 2.75) is 26.2 Å². The van der Waals surface area contributed by atoms with Gasteiger partial charge < -0.3 is 0 Å². The average Bonchev–Trinajstić information content (AvgIpc) is 1.77. The summed E-state index contributed by atoms with van der Waals surface area (Å²) in [7, 11) is 0. The van der Waals surface area contributed by atoms with E-state index < -0.39 is 0 Å². The van der Waals surface area contributed by atoms with Gasteiger partial charge in [0, 0.05) is 1.37 Å². The van der Waals surface area contributed by atoms with Gasteiger partial charge in [-0.25, -0.2) is 0 Å². The Hall–Kier alpha value is -0.260. The molecule has 0 amide bonds. The van der Waals surface area contributed by atoms with Crippen molar-refractivity contribution in [1.29, 1.82) is 0 Å². The highest BCUT2D eigenvalue weighted by Gasteiger charge is 1.98. The van der Waals surface area contributed by atoms with Crippen LogP contribution in [-0.2, 0) is 0 Å². The van der Waals surface area contributed by atoms with Crippen LogP contribution < -0.4 is 0 Å². The first-order chi connectivity index (χ1) is 3.79. The Morgan fingerprint density at radius 3 is 3.14 bits per heavy atom. The smallest absolute Gasteiger partial charge is 0.0310 e. The van der Waals surface area contributed by atoms with Gasteiger partial charge in [0.05, 0.1) is 0 Å². The zero-order valence-electron chi connectivity index (χ0n) is 5.72. The minimum absolute atomic E-state index is 0.0891. The van der Waals surface area contributed by atoms with Crippen molar-refractivity contribution in [3.63, 3.8) is 0 Å². The molecule has 0 radical (unpaired) electrons. The summed E-state index contributed by atoms with van der Waals surface area (Å²) in [5.74, 6) is 0.719. The molecule has 0 N–H and O–H groups in total. The highest BCUT2D eigenvalue weighted by atomic mass is 14.0. The maximum absolute atomic E-state index is 7.28. The van der Waals surface area contributed by atoms with Gasteiger partial charge in [-0.1, -0.05) is 19.1 Å². The summed E-state index contributed by atoms with van der Waals surface area (Å²) in [6, 6.07) is 0. The second-order valence-electron chi connectivity index (χ2n) is 2.18. The summed E-state index contributed by atoms with van der Waals surface area (Å²) in [5.41, 5.74) is 0. The molecule has 0 saturated heterocycles. The molecule has 1 rings (SSSR count). The third kappa shape index (κ3) is 1.34. The molecule has 0 aromatic carbocycles. The minimum Gasteiger partial charge on any atom is -0.0883 e. The van der Waals surface area contributed by atoms with E-state index in [1.54, 1.807) is 0 Å². The van der Waals surface area contributed by atoms with Crippen molar-refractivity contribution in [2.75, 3.05) is 0 Å². The third-order valence-corrected chi connectivity index (χ3v) is 1.36. The van der Waals surface area contributed by atoms with E-state index >= 15 is 0 Å². The second-order valence-corrected chi connectivity index (χ2v) is 2.18. The summed E-state index contributed by atoms with van der Waals surface area (Å²) < 4.78 is 7.28. The van der Waals surface area contributed by atoms with Gasteiger partial charge in [-0.05, 0) is 25.2 Å². The molecule has 0 heteroatoms. The Balaban J connectivity index is 2.42. The predicted molar refractivity (Wildman–Crippen MR) is 32.2 cm³/mol. The van der Waals surface area contributed by atoms with Crippen LogP contribution in [0.3, 0.4) is 0 Å². The molecule has 1 aliphatic carbocycles. The zero-order chi connectivity index (χ0) is 5.98. The largest absolute Gasteiger partial charge is 0.0883 e. The van der Waals surface area contributed by atoms with Gasteiger partial charge in [0.2, 0.25) is 0 Å². The van der Waals surface area contributed by atoms with Crippen LogP contribution in [0.15, 0.2) is 12.2 Å². The van der Waals surface area contributed by atoms with Gasteiger partial charge in [-0.3, -0.25) is 0 Å². The minimum atomic E-state index is 0.0891. The Bertz CT molecular complexity index is 84.6. The van der Waals surface area contributed by atoms with E-state index in [4.69, 9.17) is 1.37 Å². The Morgan fingerprint density at radius 2 is 2.71 bits per heavy atom. The van der Waals surface area contributed by atoms with E-state index in [0.29, 0.717) is 0 Å². The van der Waals surface area contributed by atoms with Crippen molar-refractivity contribution in [3.05, 3.63) is 12.2 Å². The molecule has 0 heterocycles. The molecule has 0 fully saturated rings. The van der Waals surface area contributed by atoms with E-state index in [9.17, 15) is 0 Å². The number of hydrogen-bond donors (Lipinski definition) is 0. The summed E-state index contributed by atoms with van der Waals surface area (Å²) >= 11 is 0. The number of rotatable bonds is 0. The van der Waals surface area contributed by atoms with Gasteiger partial charge in [-0.15, -0.1) is 0 Å². The van der Waals surface area contributed by atoms with Crippen molar-refractivity contribution in [1.82, 2.24) is 0 Å². The summed E-state index contributed by atoms with van der Waals surface area (Å²) in [4.78, 5) is 0. The lowest BCUT2D eigenvalue weighted by atomic mass is 9.98. The number of allylic oxidation sites excluding steroid dienone is 2. The molecule has 1 aliphatic rings. The van der Waals surface area contributed by atoms with Crippen LogP contribution in [0.5, 0.6) is 0 Å². The topological polar surface area (TPSA) is 0 Å². The standard InChI is InChI=1S/C7H12/c1-7-5-3-2-4-6-7/h3,5,7H,2,4,6H2,1H3/t7-/m1/s1/i2D/t2-,7-. The molecular weight excluding hydrogens is 84.1 g/mol. The van der Waals surface area contributed by atoms with Gasteiger partial charge in [0.1, 0.15) is 0 Å². The van der Waals surface area contributed by atoms with Crippen molar-refractivity contribution in [2.24, 2.45) is 5.92 Å². The number of hydrogen-bond acceptors (Lipinski definition) is 0. The summed E-state index contributed by atoms with van der Waals surface area (Å²) in [6.45, 7) is 2.20. The third-order valence-electron chi connectivity index (χ3n) is 1.36. The fourth-order valence-corrected chi connectivity index (χ4v) is 0.820. The molecule has 0 aliphatic heterocycles. The molecule has 0 spiro atoms. The molecule has 0 nitrogen and oxygen atoms in total. The van der Waals surface area contributed by atoms with Gasteiger partial charge in [0.25, 0.3) is 0 Å². The zero-order valence-corrected chi connectivity index (χ0v) is 4.72. The lowest BCUT2D eigenvalue weighted by Gasteiger charge is -2.08. The van der Waals surface area contributed by atoms with Crippen LogP contribution in [0.25, 0.3) is 0 Å². The van der Waals surface area contributed by atoms with E-state index in [1.165, 1.54) is 6.42 Å². The van der Waals surface area contributed by atoms with Crippen molar-refractivity contribution < 1.29 is 1.37 Å². The second kappa shape index (κ2) is 2.15. The SMILES string of the molecule is [2H][C@@H]1C=C[C@@H](C)CC1. The molecule has 0 aromatic rings. The molecular formula is C7H12. The lowest BCUT2D eigenvalue weighted by Crippen LogP contribution is -1.92. The predicted octanol–water partition coefficient (Wildman–Crippen LogP) is 2.36.